The third kappa shape index (κ3) is 3.47. The summed E-state index contributed by atoms with van der Waals surface area (Å²) in [4.78, 5) is 23.2. The monoisotopic (exact) mass is 283 g/mol. The van der Waals surface area contributed by atoms with E-state index in [1.807, 2.05) is 6.92 Å². The van der Waals surface area contributed by atoms with Crippen molar-refractivity contribution in [3.63, 3.8) is 0 Å². The standard InChI is InChI=1S/C14H18ClNO3/c1-8-7-10(5-6-11(8)15)12(17)14(3,4)9(2)16-13(18)19/h5-7,9,16H,1-4H3,(H,18,19). The van der Waals surface area contributed by atoms with Gasteiger partial charge in [0.15, 0.2) is 5.78 Å². The van der Waals surface area contributed by atoms with E-state index in [0.29, 0.717) is 10.6 Å². The SMILES string of the molecule is Cc1cc(C(=O)C(C)(C)C(C)NC(=O)O)ccc1Cl. The predicted octanol–water partition coefficient (Wildman–Crippen LogP) is 3.51. The Morgan fingerprint density at radius 3 is 2.42 bits per heavy atom. The minimum Gasteiger partial charge on any atom is -0.465 e. The fourth-order valence-corrected chi connectivity index (χ4v) is 1.84. The van der Waals surface area contributed by atoms with Crippen molar-refractivity contribution >= 4 is 23.5 Å². The molecule has 0 saturated carbocycles. The molecule has 0 aliphatic rings. The van der Waals surface area contributed by atoms with E-state index in [1.165, 1.54) is 0 Å². The summed E-state index contributed by atoms with van der Waals surface area (Å²) in [5, 5.41) is 11.7. The van der Waals surface area contributed by atoms with E-state index in [-0.39, 0.29) is 5.78 Å². The molecule has 0 saturated heterocycles. The van der Waals surface area contributed by atoms with Gasteiger partial charge in [-0.15, -0.1) is 0 Å². The van der Waals surface area contributed by atoms with Crippen LogP contribution in [0, 0.1) is 12.3 Å². The molecule has 4 nitrogen and oxygen atoms in total. The molecule has 0 aliphatic carbocycles. The van der Waals surface area contributed by atoms with Crippen LogP contribution in [0.4, 0.5) is 4.79 Å². The maximum Gasteiger partial charge on any atom is 0.404 e. The van der Waals surface area contributed by atoms with E-state index in [2.05, 4.69) is 5.32 Å². The van der Waals surface area contributed by atoms with Crippen molar-refractivity contribution in [2.24, 2.45) is 5.41 Å². The minimum absolute atomic E-state index is 0.117. The van der Waals surface area contributed by atoms with E-state index < -0.39 is 17.6 Å². The van der Waals surface area contributed by atoms with Crippen LogP contribution in [0.5, 0.6) is 0 Å². The Kier molecular flexibility index (Phi) is 4.58. The lowest BCUT2D eigenvalue weighted by Gasteiger charge is -2.30. The van der Waals surface area contributed by atoms with Crippen molar-refractivity contribution in [1.29, 1.82) is 0 Å². The van der Waals surface area contributed by atoms with E-state index in [4.69, 9.17) is 16.7 Å². The molecule has 0 radical (unpaired) electrons. The predicted molar refractivity (Wildman–Crippen MR) is 74.9 cm³/mol. The molecule has 1 aromatic rings. The highest BCUT2D eigenvalue weighted by Crippen LogP contribution is 2.28. The molecule has 1 rings (SSSR count). The zero-order valence-corrected chi connectivity index (χ0v) is 12.2. The second kappa shape index (κ2) is 5.61. The number of ketones is 1. The number of amides is 1. The Balaban J connectivity index is 3.03. The van der Waals surface area contributed by atoms with Gasteiger partial charge in [0.25, 0.3) is 0 Å². The molecule has 0 bridgehead atoms. The molecule has 1 atom stereocenters. The summed E-state index contributed by atoms with van der Waals surface area (Å²) >= 11 is 5.93. The Bertz CT molecular complexity index is 511. The molecular formula is C14H18ClNO3. The number of Topliss-reactive ketones (excluding diaryl/α,β-unsaturated/α-hetero) is 1. The molecule has 19 heavy (non-hydrogen) atoms. The molecule has 0 spiro atoms. The van der Waals surface area contributed by atoms with E-state index in [1.54, 1.807) is 39.0 Å². The molecule has 1 aromatic carbocycles. The number of hydrogen-bond acceptors (Lipinski definition) is 2. The molecule has 2 N–H and O–H groups in total. The van der Waals surface area contributed by atoms with Crippen LogP contribution in [0.25, 0.3) is 0 Å². The first-order valence-corrected chi connectivity index (χ1v) is 6.34. The minimum atomic E-state index is -1.14. The number of carboxylic acid groups (broad SMARTS) is 1. The maximum atomic E-state index is 12.5. The first-order valence-electron chi connectivity index (χ1n) is 5.96. The fraction of sp³-hybridized carbons (Fsp3) is 0.429. The normalized spacial score (nSPS) is 12.9. The Hall–Kier alpha value is -1.55. The van der Waals surface area contributed by atoms with Crippen molar-refractivity contribution in [2.45, 2.75) is 33.7 Å². The van der Waals surface area contributed by atoms with Crippen molar-refractivity contribution in [3.05, 3.63) is 34.3 Å². The van der Waals surface area contributed by atoms with Crippen LogP contribution in [0.15, 0.2) is 18.2 Å². The van der Waals surface area contributed by atoms with Crippen molar-refractivity contribution in [1.82, 2.24) is 5.32 Å². The van der Waals surface area contributed by atoms with Gasteiger partial charge in [-0.25, -0.2) is 4.79 Å². The van der Waals surface area contributed by atoms with Crippen molar-refractivity contribution in [3.8, 4) is 0 Å². The fourth-order valence-electron chi connectivity index (χ4n) is 1.72. The van der Waals surface area contributed by atoms with Gasteiger partial charge in [0.05, 0.1) is 0 Å². The van der Waals surface area contributed by atoms with Crippen LogP contribution in [-0.2, 0) is 0 Å². The van der Waals surface area contributed by atoms with E-state index in [0.717, 1.165) is 5.56 Å². The van der Waals surface area contributed by atoms with Crippen molar-refractivity contribution in [2.75, 3.05) is 0 Å². The van der Waals surface area contributed by atoms with Gasteiger partial charge in [-0.05, 0) is 37.6 Å². The third-order valence-corrected chi connectivity index (χ3v) is 3.85. The molecule has 0 fully saturated rings. The Labute approximate surface area is 117 Å². The summed E-state index contributed by atoms with van der Waals surface area (Å²) in [6.45, 7) is 6.94. The van der Waals surface area contributed by atoms with Crippen LogP contribution < -0.4 is 5.32 Å². The summed E-state index contributed by atoms with van der Waals surface area (Å²) in [5.41, 5.74) is 0.520. The van der Waals surface area contributed by atoms with Gasteiger partial charge >= 0.3 is 6.09 Å². The largest absolute Gasteiger partial charge is 0.465 e. The van der Waals surface area contributed by atoms with E-state index >= 15 is 0 Å². The van der Waals surface area contributed by atoms with Gasteiger partial charge in [-0.2, -0.15) is 0 Å². The number of rotatable bonds is 4. The highest BCUT2D eigenvalue weighted by atomic mass is 35.5. The number of halogens is 1. The first kappa shape index (κ1) is 15.5. The zero-order valence-electron chi connectivity index (χ0n) is 11.5. The van der Waals surface area contributed by atoms with Crippen LogP contribution >= 0.6 is 11.6 Å². The van der Waals surface area contributed by atoms with Gasteiger partial charge in [0.2, 0.25) is 0 Å². The van der Waals surface area contributed by atoms with Gasteiger partial charge in [-0.3, -0.25) is 4.79 Å². The van der Waals surface area contributed by atoms with Crippen LogP contribution in [0.1, 0.15) is 36.7 Å². The van der Waals surface area contributed by atoms with Crippen LogP contribution in [-0.4, -0.2) is 23.0 Å². The second-order valence-electron chi connectivity index (χ2n) is 5.19. The molecular weight excluding hydrogens is 266 g/mol. The maximum absolute atomic E-state index is 12.5. The third-order valence-electron chi connectivity index (χ3n) is 3.43. The summed E-state index contributed by atoms with van der Waals surface area (Å²) in [5.74, 6) is -0.117. The van der Waals surface area contributed by atoms with Crippen molar-refractivity contribution < 1.29 is 14.7 Å². The first-order chi connectivity index (χ1) is 8.66. The van der Waals surface area contributed by atoms with Gasteiger partial charge in [0.1, 0.15) is 0 Å². The van der Waals surface area contributed by atoms with Crippen LogP contribution in [0.2, 0.25) is 5.02 Å². The van der Waals surface area contributed by atoms with Gasteiger partial charge in [-0.1, -0.05) is 25.4 Å². The zero-order chi connectivity index (χ0) is 14.8. The topological polar surface area (TPSA) is 66.4 Å². The molecule has 5 heteroatoms. The summed E-state index contributed by atoms with van der Waals surface area (Å²) in [6.07, 6.45) is -1.14. The number of carbonyl (C=O) groups excluding carboxylic acids is 1. The van der Waals surface area contributed by atoms with Gasteiger partial charge in [0, 0.05) is 22.0 Å². The number of aryl methyl sites for hydroxylation is 1. The molecule has 0 heterocycles. The smallest absolute Gasteiger partial charge is 0.404 e. The average molecular weight is 284 g/mol. The highest BCUT2D eigenvalue weighted by Gasteiger charge is 2.35. The second-order valence-corrected chi connectivity index (χ2v) is 5.59. The summed E-state index contributed by atoms with van der Waals surface area (Å²) in [6, 6.07) is 4.57. The number of benzene rings is 1. The van der Waals surface area contributed by atoms with E-state index in [9.17, 15) is 9.59 Å². The molecule has 1 amide bonds. The number of hydrogen-bond donors (Lipinski definition) is 2. The van der Waals surface area contributed by atoms with Crippen LogP contribution in [0.3, 0.4) is 0 Å². The highest BCUT2D eigenvalue weighted by molar-refractivity contribution is 6.31. The Morgan fingerprint density at radius 1 is 1.37 bits per heavy atom. The van der Waals surface area contributed by atoms with Gasteiger partial charge < -0.3 is 10.4 Å². The summed E-state index contributed by atoms with van der Waals surface area (Å²) in [7, 11) is 0. The lowest BCUT2D eigenvalue weighted by atomic mass is 9.78. The lowest BCUT2D eigenvalue weighted by Crippen LogP contribution is -2.46. The average Bonchev–Trinajstić information content (AvgIpc) is 2.30. The molecule has 0 aliphatic heterocycles. The summed E-state index contributed by atoms with van der Waals surface area (Å²) < 4.78 is 0. The number of carbonyl (C=O) groups is 2. The Morgan fingerprint density at radius 2 is 1.95 bits per heavy atom. The molecule has 1 unspecified atom stereocenters. The lowest BCUT2D eigenvalue weighted by molar-refractivity contribution is 0.0789. The molecule has 104 valence electrons. The number of nitrogens with one attached hydrogen (secondary N) is 1. The quantitative estimate of drug-likeness (QED) is 0.831. The molecule has 0 aromatic heterocycles.